The standard InChI is InChI=1S/C17H19N3/c1-3-13-5-4-6-16(19-17(13)18)20-10-9-14-11-12(2)7-8-15(14)20/h4,6-11,13,18H,3,5H2,1-2H3. The molecule has 0 amide bonds. The molecule has 1 aromatic heterocycles. The van der Waals surface area contributed by atoms with Crippen LogP contribution in [0.3, 0.4) is 0 Å². The lowest BCUT2D eigenvalue weighted by Crippen LogP contribution is -2.13. The highest BCUT2D eigenvalue weighted by atomic mass is 15.1. The molecule has 0 aliphatic carbocycles. The van der Waals surface area contributed by atoms with Crippen LogP contribution in [0.2, 0.25) is 0 Å². The summed E-state index contributed by atoms with van der Waals surface area (Å²) in [6.07, 6.45) is 8.07. The Balaban J connectivity index is 2.08. The van der Waals surface area contributed by atoms with Gasteiger partial charge in [0.15, 0.2) is 0 Å². The number of rotatable bonds is 1. The summed E-state index contributed by atoms with van der Waals surface area (Å²) in [6, 6.07) is 8.50. The Morgan fingerprint density at radius 1 is 1.35 bits per heavy atom. The van der Waals surface area contributed by atoms with E-state index in [2.05, 4.69) is 53.7 Å². The van der Waals surface area contributed by atoms with Crippen LogP contribution in [0.15, 0.2) is 47.6 Å². The summed E-state index contributed by atoms with van der Waals surface area (Å²) in [5, 5.41) is 9.33. The van der Waals surface area contributed by atoms with E-state index in [1.807, 2.05) is 12.3 Å². The molecule has 3 rings (SSSR count). The van der Waals surface area contributed by atoms with Gasteiger partial charge in [0.2, 0.25) is 0 Å². The molecular weight excluding hydrogens is 246 g/mol. The SMILES string of the molecule is CCC1CC=CC(n2ccc3cc(C)ccc32)=NC1=N. The van der Waals surface area contributed by atoms with Gasteiger partial charge < -0.3 is 4.57 Å². The molecule has 3 heteroatoms. The van der Waals surface area contributed by atoms with Crippen LogP contribution >= 0.6 is 0 Å². The van der Waals surface area contributed by atoms with Crippen molar-refractivity contribution in [1.82, 2.24) is 4.57 Å². The van der Waals surface area contributed by atoms with Crippen molar-refractivity contribution in [3.8, 4) is 0 Å². The highest BCUT2D eigenvalue weighted by molar-refractivity contribution is 6.08. The van der Waals surface area contributed by atoms with Gasteiger partial charge in [-0.25, -0.2) is 4.99 Å². The summed E-state index contributed by atoms with van der Waals surface area (Å²) in [4.78, 5) is 4.52. The number of benzene rings is 1. The Kier molecular flexibility index (Phi) is 3.26. The molecule has 0 bridgehead atoms. The number of fused-ring (bicyclic) bond motifs is 1. The Morgan fingerprint density at radius 2 is 2.20 bits per heavy atom. The fourth-order valence-corrected chi connectivity index (χ4v) is 2.66. The first kappa shape index (κ1) is 12.9. The summed E-state index contributed by atoms with van der Waals surface area (Å²) >= 11 is 0. The lowest BCUT2D eigenvalue weighted by molar-refractivity contribution is 0.670. The van der Waals surface area contributed by atoms with E-state index in [4.69, 9.17) is 5.41 Å². The van der Waals surface area contributed by atoms with E-state index in [0.717, 1.165) is 24.2 Å². The van der Waals surface area contributed by atoms with Crippen LogP contribution in [0.5, 0.6) is 0 Å². The lowest BCUT2D eigenvalue weighted by atomic mass is 10.0. The van der Waals surface area contributed by atoms with Crippen LogP contribution in [0.4, 0.5) is 0 Å². The first-order valence-corrected chi connectivity index (χ1v) is 7.11. The summed E-state index contributed by atoms with van der Waals surface area (Å²) in [6.45, 7) is 4.21. The Hall–Kier alpha value is -2.16. The van der Waals surface area contributed by atoms with Gasteiger partial charge in [0, 0.05) is 17.5 Å². The van der Waals surface area contributed by atoms with Crippen molar-refractivity contribution >= 4 is 22.6 Å². The molecule has 0 saturated heterocycles. The fraction of sp³-hybridized carbons (Fsp3) is 0.294. The number of hydrogen-bond donors (Lipinski definition) is 1. The van der Waals surface area contributed by atoms with E-state index in [0.29, 0.717) is 5.84 Å². The molecule has 0 spiro atoms. The Bertz CT molecular complexity index is 719. The second kappa shape index (κ2) is 5.08. The zero-order valence-corrected chi connectivity index (χ0v) is 11.9. The molecule has 102 valence electrons. The third kappa shape index (κ3) is 2.20. The molecule has 2 aromatic rings. The van der Waals surface area contributed by atoms with Crippen LogP contribution in [-0.2, 0) is 0 Å². The molecule has 20 heavy (non-hydrogen) atoms. The minimum absolute atomic E-state index is 0.243. The maximum absolute atomic E-state index is 8.12. The summed E-state index contributed by atoms with van der Waals surface area (Å²) in [5.74, 6) is 1.57. The van der Waals surface area contributed by atoms with Crippen molar-refractivity contribution in [1.29, 1.82) is 5.41 Å². The number of nitrogens with zero attached hydrogens (tertiary/aromatic N) is 2. The van der Waals surface area contributed by atoms with Gasteiger partial charge in [0.25, 0.3) is 0 Å². The highest BCUT2D eigenvalue weighted by Crippen LogP contribution is 2.20. The fourth-order valence-electron chi connectivity index (χ4n) is 2.66. The Labute approximate surface area is 119 Å². The van der Waals surface area contributed by atoms with Crippen LogP contribution in [0, 0.1) is 18.3 Å². The van der Waals surface area contributed by atoms with Crippen LogP contribution in [0.1, 0.15) is 25.3 Å². The number of aryl methyl sites for hydroxylation is 1. The van der Waals surface area contributed by atoms with Gasteiger partial charge in [-0.05, 0) is 44.0 Å². The minimum Gasteiger partial charge on any atom is -0.301 e. The second-order valence-corrected chi connectivity index (χ2v) is 5.35. The number of nitrogens with one attached hydrogen (secondary N) is 1. The quantitative estimate of drug-likeness (QED) is 0.804. The molecule has 1 N–H and O–H groups in total. The number of allylic oxidation sites excluding steroid dienone is 2. The number of hydrogen-bond acceptors (Lipinski definition) is 1. The number of aromatic nitrogens is 1. The van der Waals surface area contributed by atoms with Crippen LogP contribution in [-0.4, -0.2) is 16.2 Å². The molecule has 1 unspecified atom stereocenters. The first-order chi connectivity index (χ1) is 9.69. The summed E-state index contributed by atoms with van der Waals surface area (Å²) in [7, 11) is 0. The first-order valence-electron chi connectivity index (χ1n) is 7.11. The normalized spacial score (nSPS) is 19.2. The predicted molar refractivity (Wildman–Crippen MR) is 84.8 cm³/mol. The van der Waals surface area contributed by atoms with Crippen LogP contribution < -0.4 is 0 Å². The lowest BCUT2D eigenvalue weighted by Gasteiger charge is -2.09. The molecule has 3 nitrogen and oxygen atoms in total. The topological polar surface area (TPSA) is 41.1 Å². The average Bonchev–Trinajstić information content (AvgIpc) is 2.75. The molecule has 1 aliphatic heterocycles. The Morgan fingerprint density at radius 3 is 3.00 bits per heavy atom. The molecule has 1 atom stereocenters. The van der Waals surface area contributed by atoms with Gasteiger partial charge in [-0.3, -0.25) is 5.41 Å². The van der Waals surface area contributed by atoms with Gasteiger partial charge in [0.1, 0.15) is 11.7 Å². The van der Waals surface area contributed by atoms with E-state index in [-0.39, 0.29) is 5.92 Å². The molecule has 1 aliphatic rings. The predicted octanol–water partition coefficient (Wildman–Crippen LogP) is 4.16. The molecular formula is C17H19N3. The van der Waals surface area contributed by atoms with Crippen molar-refractivity contribution in [2.75, 3.05) is 0 Å². The van der Waals surface area contributed by atoms with Gasteiger partial charge in [-0.15, -0.1) is 0 Å². The van der Waals surface area contributed by atoms with Gasteiger partial charge in [0.05, 0.1) is 5.52 Å². The summed E-state index contributed by atoms with van der Waals surface area (Å²) in [5.41, 5.74) is 2.40. The van der Waals surface area contributed by atoms with Crippen molar-refractivity contribution in [3.63, 3.8) is 0 Å². The van der Waals surface area contributed by atoms with E-state index in [1.165, 1.54) is 10.9 Å². The van der Waals surface area contributed by atoms with Crippen molar-refractivity contribution in [3.05, 3.63) is 48.2 Å². The van der Waals surface area contributed by atoms with Crippen molar-refractivity contribution < 1.29 is 0 Å². The summed E-state index contributed by atoms with van der Waals surface area (Å²) < 4.78 is 2.07. The number of aliphatic imine (C=N–C) groups is 1. The zero-order chi connectivity index (χ0) is 14.1. The highest BCUT2D eigenvalue weighted by Gasteiger charge is 2.15. The third-order valence-electron chi connectivity index (χ3n) is 3.89. The average molecular weight is 265 g/mol. The largest absolute Gasteiger partial charge is 0.301 e. The van der Waals surface area contributed by atoms with E-state index in [9.17, 15) is 0 Å². The third-order valence-corrected chi connectivity index (χ3v) is 3.89. The molecule has 0 fully saturated rings. The molecule has 1 aromatic carbocycles. The second-order valence-electron chi connectivity index (χ2n) is 5.35. The van der Waals surface area contributed by atoms with E-state index >= 15 is 0 Å². The molecule has 2 heterocycles. The van der Waals surface area contributed by atoms with Crippen LogP contribution in [0.25, 0.3) is 10.9 Å². The minimum atomic E-state index is 0.243. The maximum Gasteiger partial charge on any atom is 0.138 e. The van der Waals surface area contributed by atoms with Gasteiger partial charge in [-0.2, -0.15) is 0 Å². The smallest absolute Gasteiger partial charge is 0.138 e. The molecule has 0 saturated carbocycles. The number of amidine groups is 1. The van der Waals surface area contributed by atoms with Crippen molar-refractivity contribution in [2.24, 2.45) is 10.9 Å². The van der Waals surface area contributed by atoms with Gasteiger partial charge in [-0.1, -0.05) is 24.6 Å². The van der Waals surface area contributed by atoms with E-state index in [1.54, 1.807) is 0 Å². The zero-order valence-electron chi connectivity index (χ0n) is 11.9. The monoisotopic (exact) mass is 265 g/mol. The van der Waals surface area contributed by atoms with Gasteiger partial charge >= 0.3 is 0 Å². The molecule has 0 radical (unpaired) electrons. The van der Waals surface area contributed by atoms with E-state index < -0.39 is 0 Å². The maximum atomic E-state index is 8.12. The van der Waals surface area contributed by atoms with Crippen molar-refractivity contribution in [2.45, 2.75) is 26.7 Å².